The number of oxime groups is 1. The van der Waals surface area contributed by atoms with Crippen molar-refractivity contribution in [3.63, 3.8) is 0 Å². The van der Waals surface area contributed by atoms with Crippen LogP contribution in [0.2, 0.25) is 0 Å². The minimum Gasteiger partial charge on any atom is -0.477 e. The number of aromatic nitrogens is 4. The molecule has 1 saturated heterocycles. The second kappa shape index (κ2) is 14.3. The summed E-state index contributed by atoms with van der Waals surface area (Å²) in [6.45, 7) is 8.35. The summed E-state index contributed by atoms with van der Waals surface area (Å²) in [7, 11) is 1.63. The zero-order chi connectivity index (χ0) is 36.4. The zero-order valence-electron chi connectivity index (χ0n) is 27.6. The molecule has 49 heavy (non-hydrogen) atoms. The molecule has 4 amide bonds. The molecular formula is C27H39N12O8S2+. The largest absolute Gasteiger partial charge is 0.477 e. The third kappa shape index (κ3) is 8.20. The van der Waals surface area contributed by atoms with Crippen molar-refractivity contribution >= 4 is 75.4 Å². The molecule has 0 spiro atoms. The van der Waals surface area contributed by atoms with Crippen LogP contribution in [-0.2, 0) is 42.3 Å². The van der Waals surface area contributed by atoms with Gasteiger partial charge in [-0.3, -0.25) is 19.8 Å². The summed E-state index contributed by atoms with van der Waals surface area (Å²) in [5, 5.41) is 21.0. The quantitative estimate of drug-likeness (QED) is 0.0440. The number of nitrogens with one attached hydrogen (secondary N) is 3. The van der Waals surface area contributed by atoms with Crippen molar-refractivity contribution in [1.29, 1.82) is 0 Å². The summed E-state index contributed by atoms with van der Waals surface area (Å²) in [4.78, 5) is 74.7. The number of nitrogens with two attached hydrogens (primary N) is 3. The van der Waals surface area contributed by atoms with E-state index in [-0.39, 0.29) is 53.5 Å². The number of thioether (sulfide) groups is 1. The Hall–Kier alpha value is -4.96. The van der Waals surface area contributed by atoms with Gasteiger partial charge in [-0.25, -0.2) is 14.4 Å². The maximum atomic E-state index is 13.5. The van der Waals surface area contributed by atoms with Gasteiger partial charge >= 0.3 is 18.0 Å². The number of nitrogens with zero attached hydrogens (tertiary/aromatic N) is 6. The van der Waals surface area contributed by atoms with Crippen molar-refractivity contribution in [2.24, 2.45) is 17.9 Å². The summed E-state index contributed by atoms with van der Waals surface area (Å²) in [6.07, 6.45) is 1.54. The number of hydrogen-bond donors (Lipinski definition) is 7. The van der Waals surface area contributed by atoms with Crippen LogP contribution in [0.1, 0.15) is 40.4 Å². The number of rotatable bonds is 12. The van der Waals surface area contributed by atoms with Gasteiger partial charge in [-0.1, -0.05) is 5.16 Å². The van der Waals surface area contributed by atoms with Gasteiger partial charge in [0.1, 0.15) is 22.7 Å². The fourth-order valence-electron chi connectivity index (χ4n) is 4.54. The van der Waals surface area contributed by atoms with E-state index in [0.29, 0.717) is 5.57 Å². The number of carbonyl (C=O) groups is 5. The molecule has 1 fully saturated rings. The van der Waals surface area contributed by atoms with E-state index in [9.17, 15) is 29.1 Å². The molecule has 2 aromatic heterocycles. The lowest BCUT2D eigenvalue weighted by Gasteiger charge is -2.49. The Balaban J connectivity index is 1.53. The zero-order valence-corrected chi connectivity index (χ0v) is 29.2. The van der Waals surface area contributed by atoms with E-state index in [1.54, 1.807) is 32.5 Å². The number of carboxylic acid groups (broad SMARTS) is 1. The first kappa shape index (κ1) is 36.9. The lowest BCUT2D eigenvalue weighted by atomic mass is 10.0. The smallest absolute Gasteiger partial charge is 0.353 e. The number of anilines is 3. The predicted octanol–water partition coefficient (Wildman–Crippen LogP) is -1.31. The van der Waals surface area contributed by atoms with Gasteiger partial charge in [0, 0.05) is 35.9 Å². The summed E-state index contributed by atoms with van der Waals surface area (Å²) in [6, 6.07) is -1.66. The van der Waals surface area contributed by atoms with E-state index < -0.39 is 58.1 Å². The van der Waals surface area contributed by atoms with Gasteiger partial charge in [-0.05, 0) is 34.6 Å². The SMILES string of the molecule is Cn1c(N)c(NC(=O)NCCN)c[n+]1CC1=C(C(=O)O)N2C(=O)[C@@H](NC(=O)/C(=N\OC(C)(C)C(=O)OC(C)(C)C)c3nsc(N)n3)[C@H]2SC1. The molecule has 0 saturated carbocycles. The van der Waals surface area contributed by atoms with Crippen LogP contribution in [-0.4, -0.2) is 101 Å². The number of fused-ring (bicyclic) bond motifs is 1. The number of esters is 1. The normalized spacial score (nSPS) is 18.0. The molecule has 4 rings (SSSR count). The lowest BCUT2D eigenvalue weighted by Crippen LogP contribution is -2.71. The molecule has 0 unspecified atom stereocenters. The number of amides is 4. The molecule has 2 atom stereocenters. The number of ether oxygens (including phenoxy) is 1. The van der Waals surface area contributed by atoms with E-state index >= 15 is 0 Å². The maximum Gasteiger partial charge on any atom is 0.353 e. The number of hydrogen-bond acceptors (Lipinski definition) is 15. The second-order valence-electron chi connectivity index (χ2n) is 12.3. The van der Waals surface area contributed by atoms with Crippen LogP contribution in [0.3, 0.4) is 0 Å². The summed E-state index contributed by atoms with van der Waals surface area (Å²) >= 11 is 2.02. The van der Waals surface area contributed by atoms with Crippen LogP contribution in [0.25, 0.3) is 0 Å². The van der Waals surface area contributed by atoms with Crippen molar-refractivity contribution < 1.29 is 43.3 Å². The second-order valence-corrected chi connectivity index (χ2v) is 14.2. The van der Waals surface area contributed by atoms with Gasteiger partial charge in [0.05, 0.1) is 7.05 Å². The first-order valence-electron chi connectivity index (χ1n) is 14.7. The van der Waals surface area contributed by atoms with E-state index in [1.807, 2.05) is 0 Å². The number of urea groups is 1. The Morgan fingerprint density at radius 2 is 1.90 bits per heavy atom. The van der Waals surface area contributed by atoms with Gasteiger partial charge in [-0.15, -0.1) is 21.1 Å². The molecule has 4 heterocycles. The van der Waals surface area contributed by atoms with Crippen molar-refractivity contribution in [2.45, 2.75) is 63.8 Å². The monoisotopic (exact) mass is 723 g/mol. The minimum absolute atomic E-state index is 0.0213. The Morgan fingerprint density at radius 3 is 2.49 bits per heavy atom. The van der Waals surface area contributed by atoms with Crippen molar-refractivity contribution in [2.75, 3.05) is 35.6 Å². The molecule has 2 aliphatic heterocycles. The van der Waals surface area contributed by atoms with Gasteiger partial charge in [0.2, 0.25) is 23.3 Å². The van der Waals surface area contributed by atoms with E-state index in [2.05, 4.69) is 30.5 Å². The fourth-order valence-corrected chi connectivity index (χ4v) is 6.31. The third-order valence-electron chi connectivity index (χ3n) is 6.98. The van der Waals surface area contributed by atoms with E-state index in [4.69, 9.17) is 26.8 Å². The molecule has 266 valence electrons. The minimum atomic E-state index is -1.63. The van der Waals surface area contributed by atoms with Crippen LogP contribution in [0, 0.1) is 0 Å². The molecule has 2 aromatic rings. The van der Waals surface area contributed by atoms with E-state index in [1.165, 1.54) is 36.5 Å². The van der Waals surface area contributed by atoms with Crippen LogP contribution in [0.5, 0.6) is 0 Å². The Bertz CT molecular complexity index is 1730. The van der Waals surface area contributed by atoms with Crippen LogP contribution in [0.4, 0.5) is 21.4 Å². The number of carbonyl (C=O) groups excluding carboxylic acids is 4. The summed E-state index contributed by atoms with van der Waals surface area (Å²) in [5.74, 6) is -3.53. The van der Waals surface area contributed by atoms with Gasteiger partial charge in [0.25, 0.3) is 11.8 Å². The topological polar surface area (TPSA) is 288 Å². The molecular weight excluding hydrogens is 685 g/mol. The Kier molecular flexibility index (Phi) is 10.7. The molecule has 20 nitrogen and oxygen atoms in total. The van der Waals surface area contributed by atoms with Crippen molar-refractivity contribution in [3.8, 4) is 0 Å². The fraction of sp³-hybridized carbons (Fsp3) is 0.519. The first-order valence-corrected chi connectivity index (χ1v) is 16.6. The lowest BCUT2D eigenvalue weighted by molar-refractivity contribution is -0.765. The average Bonchev–Trinajstić information content (AvgIpc) is 3.55. The molecule has 0 radical (unpaired) electrons. The summed E-state index contributed by atoms with van der Waals surface area (Å²) < 4.78 is 12.5. The van der Waals surface area contributed by atoms with Crippen molar-refractivity contribution in [3.05, 3.63) is 23.3 Å². The molecule has 0 bridgehead atoms. The van der Waals surface area contributed by atoms with Crippen LogP contribution >= 0.6 is 23.3 Å². The maximum absolute atomic E-state index is 13.5. The molecule has 10 N–H and O–H groups in total. The van der Waals surface area contributed by atoms with Gasteiger partial charge < -0.3 is 42.5 Å². The van der Waals surface area contributed by atoms with Gasteiger partial charge in [0.15, 0.2) is 23.2 Å². The van der Waals surface area contributed by atoms with Crippen LogP contribution < -0.4 is 37.8 Å². The van der Waals surface area contributed by atoms with Crippen molar-refractivity contribution in [1.82, 2.24) is 29.6 Å². The van der Waals surface area contributed by atoms with E-state index in [0.717, 1.165) is 16.4 Å². The highest BCUT2D eigenvalue weighted by molar-refractivity contribution is 8.00. The highest BCUT2D eigenvalue weighted by atomic mass is 32.2. The average molecular weight is 724 g/mol. The van der Waals surface area contributed by atoms with Crippen LogP contribution in [0.15, 0.2) is 22.6 Å². The van der Waals surface area contributed by atoms with Gasteiger partial charge in [-0.2, -0.15) is 9.36 Å². The summed E-state index contributed by atoms with van der Waals surface area (Å²) in [5.41, 5.74) is 14.8. The molecule has 22 heteroatoms. The first-order chi connectivity index (χ1) is 22.8. The Labute approximate surface area is 288 Å². The number of carboxylic acids is 1. The number of nitrogen functional groups attached to an aromatic ring is 2. The predicted molar refractivity (Wildman–Crippen MR) is 178 cm³/mol. The highest BCUT2D eigenvalue weighted by Crippen LogP contribution is 2.40. The molecule has 0 aliphatic carbocycles. The third-order valence-corrected chi connectivity index (χ3v) is 8.86. The highest BCUT2D eigenvalue weighted by Gasteiger charge is 2.55. The molecule has 0 aromatic carbocycles. The standard InChI is InChI=1S/C27H38N12O8S2/c1-26(2,3)46-23(44)27(4,5)47-35-14(18-34-24(30)49-36-18)19(40)33-15-20(41)39-16(22(42)43)12(11-48-21(15)39)9-38-10-13(17(29)37(38)6)32-25(45)31-8-7-28/h10,15,21,29H,7-9,11,28H2,1-6H3,(H6,30,31,32,33,34,36,40,42,43,45)/p+1/b35-14-/t15-,21-/m1/s1. The molecule has 2 aliphatic rings. The Morgan fingerprint density at radius 1 is 1.20 bits per heavy atom. The number of β-lactam (4-membered cyclic amide) rings is 1. The number of aliphatic carboxylic acids is 1.